The highest BCUT2D eigenvalue weighted by atomic mass is 32.2. The number of aryl methyl sites for hydroxylation is 1. The van der Waals surface area contributed by atoms with E-state index in [1.165, 1.54) is 10.4 Å². The molecule has 0 aliphatic carbocycles. The van der Waals surface area contributed by atoms with Gasteiger partial charge in [-0.2, -0.15) is 4.31 Å². The molecule has 0 spiro atoms. The van der Waals surface area contributed by atoms with E-state index in [1.807, 2.05) is 0 Å². The quantitative estimate of drug-likeness (QED) is 0.766. The molecule has 1 saturated heterocycles. The first-order valence-electron chi connectivity index (χ1n) is 5.98. The van der Waals surface area contributed by atoms with Crippen LogP contribution in [0.4, 0.5) is 5.69 Å². The van der Waals surface area contributed by atoms with Gasteiger partial charge >= 0.3 is 0 Å². The largest absolute Gasteiger partial charge is 0.399 e. The van der Waals surface area contributed by atoms with E-state index >= 15 is 0 Å². The van der Waals surface area contributed by atoms with Gasteiger partial charge in [0, 0.05) is 18.8 Å². The summed E-state index contributed by atoms with van der Waals surface area (Å²) in [5.74, 6) is -0.851. The molecule has 1 aliphatic rings. The highest BCUT2D eigenvalue weighted by molar-refractivity contribution is 7.89. The molecule has 0 aromatic heterocycles. The maximum atomic E-state index is 12.4. The second-order valence-electron chi connectivity index (χ2n) is 4.77. The minimum absolute atomic E-state index is 0.154. The van der Waals surface area contributed by atoms with Gasteiger partial charge in [0.2, 0.25) is 15.9 Å². The van der Waals surface area contributed by atoms with Gasteiger partial charge in [-0.3, -0.25) is 4.79 Å². The van der Waals surface area contributed by atoms with Crippen LogP contribution in [0.3, 0.4) is 0 Å². The Balaban J connectivity index is 2.28. The molecule has 104 valence electrons. The first-order chi connectivity index (χ1) is 8.82. The molecule has 4 N–H and O–H groups in total. The van der Waals surface area contributed by atoms with Gasteiger partial charge in [-0.1, -0.05) is 0 Å². The maximum absolute atomic E-state index is 12.4. The summed E-state index contributed by atoms with van der Waals surface area (Å²) in [6.07, 6.45) is 0.475. The highest BCUT2D eigenvalue weighted by Gasteiger charge is 2.34. The van der Waals surface area contributed by atoms with E-state index in [0.717, 1.165) is 0 Å². The van der Waals surface area contributed by atoms with Crippen molar-refractivity contribution in [2.24, 2.45) is 11.7 Å². The van der Waals surface area contributed by atoms with Crippen LogP contribution in [0.2, 0.25) is 0 Å². The average molecular weight is 283 g/mol. The lowest BCUT2D eigenvalue weighted by Gasteiger charge is -2.16. The molecule has 1 fully saturated rings. The van der Waals surface area contributed by atoms with Gasteiger partial charge in [0.25, 0.3) is 0 Å². The summed E-state index contributed by atoms with van der Waals surface area (Å²) in [6, 6.07) is 4.60. The van der Waals surface area contributed by atoms with E-state index in [1.54, 1.807) is 19.1 Å². The second kappa shape index (κ2) is 4.82. The number of rotatable bonds is 3. The standard InChI is InChI=1S/C12H17N3O3S/c1-8-6-10(2-3-11(8)13)19(17,18)15-5-4-9(7-15)12(14)16/h2-3,6,9H,4-5,7,13H2,1H3,(H2,14,16). The fourth-order valence-electron chi connectivity index (χ4n) is 2.14. The van der Waals surface area contributed by atoms with E-state index in [9.17, 15) is 13.2 Å². The van der Waals surface area contributed by atoms with E-state index in [2.05, 4.69) is 0 Å². The zero-order valence-corrected chi connectivity index (χ0v) is 11.5. The van der Waals surface area contributed by atoms with Gasteiger partial charge in [-0.05, 0) is 37.1 Å². The van der Waals surface area contributed by atoms with Crippen molar-refractivity contribution in [1.82, 2.24) is 4.31 Å². The van der Waals surface area contributed by atoms with Gasteiger partial charge in [-0.25, -0.2) is 8.42 Å². The van der Waals surface area contributed by atoms with Crippen molar-refractivity contribution >= 4 is 21.6 Å². The molecule has 6 nitrogen and oxygen atoms in total. The molecule has 1 atom stereocenters. The summed E-state index contributed by atoms with van der Waals surface area (Å²) in [5.41, 5.74) is 12.2. The molecule has 0 saturated carbocycles. The number of hydrogen-bond donors (Lipinski definition) is 2. The summed E-state index contributed by atoms with van der Waals surface area (Å²) < 4.78 is 26.1. The van der Waals surface area contributed by atoms with E-state index in [4.69, 9.17) is 11.5 Å². The van der Waals surface area contributed by atoms with Gasteiger partial charge in [0.1, 0.15) is 0 Å². The fourth-order valence-corrected chi connectivity index (χ4v) is 3.72. The highest BCUT2D eigenvalue weighted by Crippen LogP contribution is 2.25. The number of nitrogen functional groups attached to an aromatic ring is 1. The summed E-state index contributed by atoms with van der Waals surface area (Å²) in [5, 5.41) is 0. The SMILES string of the molecule is Cc1cc(S(=O)(=O)N2CCC(C(N)=O)C2)ccc1N. The molecule has 0 radical (unpaired) electrons. The van der Waals surface area contributed by atoms with Crippen LogP contribution in [0.15, 0.2) is 23.1 Å². The van der Waals surface area contributed by atoms with Crippen LogP contribution in [-0.4, -0.2) is 31.7 Å². The summed E-state index contributed by atoms with van der Waals surface area (Å²) in [7, 11) is -3.57. The van der Waals surface area contributed by atoms with Crippen molar-refractivity contribution in [2.45, 2.75) is 18.2 Å². The van der Waals surface area contributed by atoms with Crippen molar-refractivity contribution in [3.8, 4) is 0 Å². The number of nitrogens with two attached hydrogens (primary N) is 2. The third-order valence-electron chi connectivity index (χ3n) is 3.43. The van der Waals surface area contributed by atoms with Crippen molar-refractivity contribution in [2.75, 3.05) is 18.8 Å². The maximum Gasteiger partial charge on any atom is 0.243 e. The number of benzene rings is 1. The molecule has 1 heterocycles. The second-order valence-corrected chi connectivity index (χ2v) is 6.71. The Morgan fingerprint density at radius 2 is 2.11 bits per heavy atom. The zero-order chi connectivity index (χ0) is 14.2. The van der Waals surface area contributed by atoms with Crippen molar-refractivity contribution in [1.29, 1.82) is 0 Å². The Morgan fingerprint density at radius 3 is 2.63 bits per heavy atom. The first-order valence-corrected chi connectivity index (χ1v) is 7.42. The van der Waals surface area contributed by atoms with E-state index in [0.29, 0.717) is 24.2 Å². The number of anilines is 1. The smallest absolute Gasteiger partial charge is 0.243 e. The topological polar surface area (TPSA) is 106 Å². The molecule has 7 heteroatoms. The summed E-state index contributed by atoms with van der Waals surface area (Å²) in [6.45, 7) is 2.23. The van der Waals surface area contributed by atoms with Crippen LogP contribution < -0.4 is 11.5 Å². The summed E-state index contributed by atoms with van der Waals surface area (Å²) >= 11 is 0. The predicted octanol–water partition coefficient (Wildman–Crippen LogP) is 0.0731. The minimum atomic E-state index is -3.57. The third kappa shape index (κ3) is 2.57. The van der Waals surface area contributed by atoms with Crippen LogP contribution >= 0.6 is 0 Å². The minimum Gasteiger partial charge on any atom is -0.399 e. The molecule has 2 rings (SSSR count). The van der Waals surface area contributed by atoms with Gasteiger partial charge < -0.3 is 11.5 Å². The summed E-state index contributed by atoms with van der Waals surface area (Å²) in [4.78, 5) is 11.3. The Morgan fingerprint density at radius 1 is 1.42 bits per heavy atom. The van der Waals surface area contributed by atoms with Crippen LogP contribution in [0.5, 0.6) is 0 Å². The molecule has 1 aliphatic heterocycles. The molecule has 0 bridgehead atoms. The Labute approximate surface area is 112 Å². The van der Waals surface area contributed by atoms with Crippen molar-refractivity contribution < 1.29 is 13.2 Å². The van der Waals surface area contributed by atoms with Crippen molar-refractivity contribution in [3.63, 3.8) is 0 Å². The normalized spacial score (nSPS) is 20.6. The van der Waals surface area contributed by atoms with Crippen LogP contribution in [0.25, 0.3) is 0 Å². The lowest BCUT2D eigenvalue weighted by molar-refractivity contribution is -0.121. The number of carbonyl (C=O) groups excluding carboxylic acids is 1. The molecule has 19 heavy (non-hydrogen) atoms. The third-order valence-corrected chi connectivity index (χ3v) is 5.29. The van der Waals surface area contributed by atoms with Crippen LogP contribution in [0.1, 0.15) is 12.0 Å². The molecule has 1 aromatic rings. The number of amides is 1. The first kappa shape index (κ1) is 13.8. The number of nitrogens with zero attached hydrogens (tertiary/aromatic N) is 1. The van der Waals surface area contributed by atoms with Gasteiger partial charge in [0.15, 0.2) is 0 Å². The Bertz CT molecular complexity index is 613. The molecule has 1 amide bonds. The fraction of sp³-hybridized carbons (Fsp3) is 0.417. The van der Waals surface area contributed by atoms with E-state index in [-0.39, 0.29) is 11.4 Å². The van der Waals surface area contributed by atoms with E-state index < -0.39 is 21.8 Å². The van der Waals surface area contributed by atoms with Crippen LogP contribution in [-0.2, 0) is 14.8 Å². The van der Waals surface area contributed by atoms with Crippen molar-refractivity contribution in [3.05, 3.63) is 23.8 Å². The number of sulfonamides is 1. The lowest BCUT2D eigenvalue weighted by Crippen LogP contribution is -2.31. The van der Waals surface area contributed by atoms with Gasteiger partial charge in [-0.15, -0.1) is 0 Å². The number of carbonyl (C=O) groups is 1. The average Bonchev–Trinajstić information content (AvgIpc) is 2.82. The lowest BCUT2D eigenvalue weighted by atomic mass is 10.1. The Kier molecular flexibility index (Phi) is 3.51. The predicted molar refractivity (Wildman–Crippen MR) is 71.7 cm³/mol. The molecule has 1 unspecified atom stereocenters. The van der Waals surface area contributed by atoms with Gasteiger partial charge in [0.05, 0.1) is 10.8 Å². The Hall–Kier alpha value is -1.60. The number of primary amides is 1. The van der Waals surface area contributed by atoms with Crippen LogP contribution in [0, 0.1) is 12.8 Å². The monoisotopic (exact) mass is 283 g/mol. The number of hydrogen-bond acceptors (Lipinski definition) is 4. The zero-order valence-electron chi connectivity index (χ0n) is 10.7. The molecular weight excluding hydrogens is 266 g/mol. The molecular formula is C12H17N3O3S. The molecule has 1 aromatic carbocycles.